The summed E-state index contributed by atoms with van der Waals surface area (Å²) in [6.07, 6.45) is -3.20. The molecule has 29 heavy (non-hydrogen) atoms. The molecule has 1 heterocycles. The number of alkyl halides is 3. The Kier molecular flexibility index (Phi) is 5.73. The maximum absolute atomic E-state index is 12.8. The van der Waals surface area contributed by atoms with Gasteiger partial charge in [0.25, 0.3) is 0 Å². The van der Waals surface area contributed by atoms with Crippen LogP contribution in [0.4, 0.5) is 24.5 Å². The summed E-state index contributed by atoms with van der Waals surface area (Å²) in [6, 6.07) is 7.38. The number of benzene rings is 2. The molecule has 0 atom stereocenters. The van der Waals surface area contributed by atoms with Crippen molar-refractivity contribution in [3.63, 3.8) is 0 Å². The van der Waals surface area contributed by atoms with Crippen LogP contribution in [-0.2, 0) is 23.9 Å². The molecule has 154 valence electrons. The van der Waals surface area contributed by atoms with Crippen LogP contribution in [0.5, 0.6) is 0 Å². The summed E-state index contributed by atoms with van der Waals surface area (Å²) in [6.45, 7) is 10.9. The van der Waals surface area contributed by atoms with E-state index in [-0.39, 0.29) is 12.3 Å². The molecule has 1 N–H and O–H groups in total. The zero-order chi connectivity index (χ0) is 21.3. The van der Waals surface area contributed by atoms with Crippen molar-refractivity contribution in [2.45, 2.75) is 46.3 Å². The minimum Gasteiger partial charge on any atom is -0.367 e. The van der Waals surface area contributed by atoms with Crippen LogP contribution in [0.15, 0.2) is 42.5 Å². The van der Waals surface area contributed by atoms with Gasteiger partial charge < -0.3 is 10.2 Å². The van der Waals surface area contributed by atoms with E-state index in [9.17, 15) is 18.0 Å². The minimum absolute atomic E-state index is 0.0803. The van der Waals surface area contributed by atoms with Crippen molar-refractivity contribution in [2.24, 2.45) is 0 Å². The number of carbonyl (C=O) groups is 1. The lowest BCUT2D eigenvalue weighted by Crippen LogP contribution is -2.20. The first-order valence-electron chi connectivity index (χ1n) is 9.54. The van der Waals surface area contributed by atoms with Gasteiger partial charge in [-0.25, -0.2) is 0 Å². The zero-order valence-corrected chi connectivity index (χ0v) is 16.9. The van der Waals surface area contributed by atoms with Crippen molar-refractivity contribution in [2.75, 3.05) is 16.8 Å². The summed E-state index contributed by atoms with van der Waals surface area (Å²) in [4.78, 5) is 14.3. The fraction of sp³-hybridized carbons (Fsp3) is 0.348. The summed E-state index contributed by atoms with van der Waals surface area (Å²) >= 11 is 0. The molecule has 0 unspecified atom stereocenters. The highest BCUT2D eigenvalue weighted by Crippen LogP contribution is 2.38. The molecule has 6 heteroatoms. The second-order valence-electron chi connectivity index (χ2n) is 7.74. The average Bonchev–Trinajstić information content (AvgIpc) is 3.00. The van der Waals surface area contributed by atoms with Crippen LogP contribution in [0.2, 0.25) is 0 Å². The van der Waals surface area contributed by atoms with Gasteiger partial charge in [-0.3, -0.25) is 4.79 Å². The topological polar surface area (TPSA) is 32.3 Å². The second kappa shape index (κ2) is 7.93. The Morgan fingerprint density at radius 2 is 1.86 bits per heavy atom. The number of hydrogen-bond acceptors (Lipinski definition) is 2. The van der Waals surface area contributed by atoms with Gasteiger partial charge in [0.2, 0.25) is 5.91 Å². The largest absolute Gasteiger partial charge is 0.416 e. The number of rotatable bonds is 5. The number of anilines is 2. The standard InChI is InChI=1S/C23H25F3N2O/c1-14(2)11-21(29)27-22-15(3)12-20-19(16(22)4)9-10-28(20)13-17-5-7-18(8-6-17)23(24,25)26/h5-8,12H,1,9-11,13H2,2-4H3,(H,27,29). The van der Waals surface area contributed by atoms with Gasteiger partial charge in [-0.05, 0) is 67.6 Å². The van der Waals surface area contributed by atoms with Crippen LogP contribution in [0, 0.1) is 13.8 Å². The average molecular weight is 402 g/mol. The van der Waals surface area contributed by atoms with Crippen molar-refractivity contribution < 1.29 is 18.0 Å². The summed E-state index contributed by atoms with van der Waals surface area (Å²) in [5.74, 6) is -0.0803. The van der Waals surface area contributed by atoms with Crippen molar-refractivity contribution >= 4 is 17.3 Å². The quantitative estimate of drug-likeness (QED) is 0.642. The van der Waals surface area contributed by atoms with E-state index in [0.29, 0.717) is 6.54 Å². The van der Waals surface area contributed by atoms with Gasteiger partial charge in [-0.15, -0.1) is 0 Å². The number of fused-ring (bicyclic) bond motifs is 1. The van der Waals surface area contributed by atoms with Gasteiger partial charge in [0, 0.05) is 30.9 Å². The molecular formula is C23H25F3N2O. The number of amides is 1. The number of halogens is 3. The number of carbonyl (C=O) groups excluding carboxylic acids is 1. The molecule has 3 nitrogen and oxygen atoms in total. The molecule has 0 radical (unpaired) electrons. The molecule has 0 aromatic heterocycles. The molecule has 0 aliphatic carbocycles. The first kappa shape index (κ1) is 21.0. The minimum atomic E-state index is -4.32. The molecule has 2 aromatic rings. The highest BCUT2D eigenvalue weighted by atomic mass is 19.4. The Morgan fingerprint density at radius 1 is 1.21 bits per heavy atom. The summed E-state index contributed by atoms with van der Waals surface area (Å²) in [5.41, 5.74) is 6.12. The molecule has 0 saturated heterocycles. The van der Waals surface area contributed by atoms with Crippen LogP contribution < -0.4 is 10.2 Å². The van der Waals surface area contributed by atoms with E-state index in [2.05, 4.69) is 22.9 Å². The van der Waals surface area contributed by atoms with Gasteiger partial charge >= 0.3 is 6.18 Å². The first-order chi connectivity index (χ1) is 13.6. The van der Waals surface area contributed by atoms with E-state index < -0.39 is 11.7 Å². The van der Waals surface area contributed by atoms with Crippen molar-refractivity contribution in [1.29, 1.82) is 0 Å². The van der Waals surface area contributed by atoms with Crippen molar-refractivity contribution in [1.82, 2.24) is 0 Å². The normalized spacial score (nSPS) is 13.4. The fourth-order valence-corrected chi connectivity index (χ4v) is 3.80. The molecule has 1 aliphatic heterocycles. The van der Waals surface area contributed by atoms with Gasteiger partial charge in [0.15, 0.2) is 0 Å². The third-order valence-corrected chi connectivity index (χ3v) is 5.24. The van der Waals surface area contributed by atoms with E-state index in [1.54, 1.807) is 0 Å². The highest BCUT2D eigenvalue weighted by Gasteiger charge is 2.30. The van der Waals surface area contributed by atoms with Crippen LogP contribution in [0.1, 0.15) is 41.2 Å². The molecular weight excluding hydrogens is 377 g/mol. The Bertz CT molecular complexity index is 946. The predicted octanol–water partition coefficient (Wildman–Crippen LogP) is 5.79. The van der Waals surface area contributed by atoms with Crippen LogP contribution in [-0.4, -0.2) is 12.5 Å². The SMILES string of the molecule is C=C(C)CC(=O)Nc1c(C)cc2c(c1C)CCN2Cc1ccc(C(F)(F)F)cc1. The summed E-state index contributed by atoms with van der Waals surface area (Å²) < 4.78 is 38.3. The second-order valence-corrected chi connectivity index (χ2v) is 7.74. The van der Waals surface area contributed by atoms with Gasteiger partial charge in [-0.2, -0.15) is 13.2 Å². The Hall–Kier alpha value is -2.76. The molecule has 2 aromatic carbocycles. The lowest BCUT2D eigenvalue weighted by Gasteiger charge is -2.22. The van der Waals surface area contributed by atoms with Crippen LogP contribution >= 0.6 is 0 Å². The third-order valence-electron chi connectivity index (χ3n) is 5.24. The fourth-order valence-electron chi connectivity index (χ4n) is 3.80. The Balaban J connectivity index is 1.81. The van der Waals surface area contributed by atoms with Gasteiger partial charge in [0.1, 0.15) is 0 Å². The van der Waals surface area contributed by atoms with E-state index in [1.165, 1.54) is 17.7 Å². The molecule has 3 rings (SSSR count). The van der Waals surface area contributed by atoms with Crippen molar-refractivity contribution in [3.05, 3.63) is 70.3 Å². The number of hydrogen-bond donors (Lipinski definition) is 1. The number of nitrogens with one attached hydrogen (secondary N) is 1. The smallest absolute Gasteiger partial charge is 0.367 e. The Labute approximate surface area is 169 Å². The Morgan fingerprint density at radius 3 is 2.45 bits per heavy atom. The first-order valence-corrected chi connectivity index (χ1v) is 9.54. The van der Waals surface area contributed by atoms with E-state index in [1.807, 2.05) is 20.8 Å². The maximum Gasteiger partial charge on any atom is 0.416 e. The summed E-state index contributed by atoms with van der Waals surface area (Å²) in [7, 11) is 0. The van der Waals surface area contributed by atoms with Gasteiger partial charge in [0.05, 0.1) is 5.56 Å². The third kappa shape index (κ3) is 4.63. The predicted molar refractivity (Wildman–Crippen MR) is 110 cm³/mol. The molecule has 1 amide bonds. The maximum atomic E-state index is 12.8. The zero-order valence-electron chi connectivity index (χ0n) is 16.9. The molecule has 0 spiro atoms. The summed E-state index contributed by atoms with van der Waals surface area (Å²) in [5, 5.41) is 3.00. The highest BCUT2D eigenvalue weighted by molar-refractivity contribution is 5.94. The molecule has 1 aliphatic rings. The lowest BCUT2D eigenvalue weighted by atomic mass is 9.99. The van der Waals surface area contributed by atoms with E-state index in [0.717, 1.165) is 58.7 Å². The lowest BCUT2D eigenvalue weighted by molar-refractivity contribution is -0.137. The molecule has 0 fully saturated rings. The molecule has 0 saturated carbocycles. The van der Waals surface area contributed by atoms with Crippen molar-refractivity contribution in [3.8, 4) is 0 Å². The van der Waals surface area contributed by atoms with E-state index >= 15 is 0 Å². The van der Waals surface area contributed by atoms with Crippen LogP contribution in [0.25, 0.3) is 0 Å². The number of nitrogens with zero attached hydrogens (tertiary/aromatic N) is 1. The monoisotopic (exact) mass is 402 g/mol. The molecule has 0 bridgehead atoms. The van der Waals surface area contributed by atoms with E-state index in [4.69, 9.17) is 0 Å². The number of aryl methyl sites for hydroxylation is 1. The van der Waals surface area contributed by atoms with Gasteiger partial charge in [-0.1, -0.05) is 24.3 Å². The van der Waals surface area contributed by atoms with Crippen LogP contribution in [0.3, 0.4) is 0 Å².